The van der Waals surface area contributed by atoms with E-state index < -0.39 is 35.4 Å². The van der Waals surface area contributed by atoms with E-state index in [1.165, 1.54) is 0 Å². The van der Waals surface area contributed by atoms with Gasteiger partial charge >= 0.3 is 11.9 Å². The number of anilines is 8. The molecule has 2 aliphatic heterocycles. The lowest BCUT2D eigenvalue weighted by Crippen LogP contribution is -2.37. The van der Waals surface area contributed by atoms with Crippen LogP contribution in [0.3, 0.4) is 0 Å². The fraction of sp³-hybridized carbons (Fsp3) is 0.298. The van der Waals surface area contributed by atoms with Crippen molar-refractivity contribution in [1.82, 2.24) is 35.3 Å². The van der Waals surface area contributed by atoms with Crippen LogP contribution >= 0.6 is 0 Å². The molecular formula is C47H56F2N14O7. The standard InChI is InChI=1S/C23H26FN7O3.C15H14N2O3.C8H12FN5O.CH4/c1-15(22(32)33)16-2-4-17(5-3-16)28-19-7-6-18(25-12-19)13-27-30-23-26-14-20(24)21(29-23)31-8-10-34-11-9-31;1-10(15(19)20)11-2-4-12(5-3-11)17-13-6-7-14(9-18)16-8-13;9-6-5-11-8(13-10)12-7(6)14-1-3-15-4-2-14;/h2-7,12,14-15,27-28H,8-11,13H2,1H3,(H,32,33)(H,26,29,30);2-10,17H,1H3,(H,19,20);5H,1-4,10H2,(H,11,12,13);1H4. The first-order valence-corrected chi connectivity index (χ1v) is 21.6. The molecule has 2 aromatic carbocycles. The van der Waals surface area contributed by atoms with Crippen LogP contribution < -0.4 is 42.6 Å². The highest BCUT2D eigenvalue weighted by molar-refractivity contribution is 5.77. The number of rotatable bonds is 16. The molecule has 6 aromatic rings. The van der Waals surface area contributed by atoms with Gasteiger partial charge in [0.1, 0.15) is 5.69 Å². The molecule has 0 spiro atoms. The summed E-state index contributed by atoms with van der Waals surface area (Å²) in [6.45, 7) is 8.34. The Morgan fingerprint density at radius 3 is 1.51 bits per heavy atom. The lowest BCUT2D eigenvalue weighted by molar-refractivity contribution is -0.139. The van der Waals surface area contributed by atoms with Crippen LogP contribution in [0.15, 0.2) is 97.6 Å². The van der Waals surface area contributed by atoms with Crippen LogP contribution in [-0.2, 0) is 25.6 Å². The zero-order chi connectivity index (χ0) is 49.1. The van der Waals surface area contributed by atoms with Crippen molar-refractivity contribution in [2.24, 2.45) is 5.84 Å². The van der Waals surface area contributed by atoms with Gasteiger partial charge in [0, 0.05) is 37.6 Å². The van der Waals surface area contributed by atoms with Gasteiger partial charge in [-0.05, 0) is 73.5 Å². The number of aliphatic carboxylic acids is 2. The first kappa shape index (κ1) is 53.0. The minimum atomic E-state index is -0.855. The topological polar surface area (TPSA) is 280 Å². The van der Waals surface area contributed by atoms with Crippen LogP contribution in [0.4, 0.5) is 55.1 Å². The zero-order valence-corrected chi connectivity index (χ0v) is 37.7. The largest absolute Gasteiger partial charge is 0.481 e. The molecule has 2 fully saturated rings. The summed E-state index contributed by atoms with van der Waals surface area (Å²) < 4.78 is 38.0. The van der Waals surface area contributed by atoms with Gasteiger partial charge in [-0.2, -0.15) is 9.97 Å². The molecule has 70 heavy (non-hydrogen) atoms. The fourth-order valence-electron chi connectivity index (χ4n) is 6.53. The van der Waals surface area contributed by atoms with Crippen molar-refractivity contribution < 1.29 is 42.9 Å². The maximum atomic E-state index is 14.1. The molecule has 0 amide bonds. The number of morpholine rings is 2. The summed E-state index contributed by atoms with van der Waals surface area (Å²) in [6, 6.07) is 21.5. The Hall–Kier alpha value is -7.99. The van der Waals surface area contributed by atoms with Crippen LogP contribution in [0.25, 0.3) is 0 Å². The van der Waals surface area contributed by atoms with Gasteiger partial charge in [-0.3, -0.25) is 35.2 Å². The number of carbonyl (C=O) groups is 3. The molecule has 8 rings (SSSR count). The number of aromatic nitrogens is 6. The highest BCUT2D eigenvalue weighted by Crippen LogP contribution is 2.24. The third-order valence-electron chi connectivity index (χ3n) is 10.5. The summed E-state index contributed by atoms with van der Waals surface area (Å²) >= 11 is 0. The number of halogens is 2. The van der Waals surface area contributed by atoms with Crippen molar-refractivity contribution in [2.75, 3.05) is 83.9 Å². The molecule has 4 aromatic heterocycles. The van der Waals surface area contributed by atoms with Gasteiger partial charge in [0.2, 0.25) is 11.9 Å². The molecule has 9 N–H and O–H groups in total. The number of aldehydes is 1. The molecule has 0 bridgehead atoms. The van der Waals surface area contributed by atoms with E-state index in [1.54, 1.807) is 67.5 Å². The summed E-state index contributed by atoms with van der Waals surface area (Å²) in [5.41, 5.74) is 14.0. The number of carbonyl (C=O) groups excluding carboxylic acids is 1. The number of carboxylic acid groups (broad SMARTS) is 2. The van der Waals surface area contributed by atoms with Crippen LogP contribution in [0, 0.1) is 11.6 Å². The third kappa shape index (κ3) is 15.5. The van der Waals surface area contributed by atoms with Gasteiger partial charge < -0.3 is 40.1 Å². The van der Waals surface area contributed by atoms with Gasteiger partial charge in [-0.1, -0.05) is 31.7 Å². The lowest BCUT2D eigenvalue weighted by Gasteiger charge is -2.28. The Balaban J connectivity index is 0.000000214. The van der Waals surface area contributed by atoms with Crippen molar-refractivity contribution in [1.29, 1.82) is 0 Å². The molecular weight excluding hydrogens is 911 g/mol. The van der Waals surface area contributed by atoms with E-state index in [4.69, 9.17) is 25.5 Å². The van der Waals surface area contributed by atoms with E-state index in [-0.39, 0.29) is 31.0 Å². The van der Waals surface area contributed by atoms with Crippen molar-refractivity contribution in [3.05, 3.63) is 132 Å². The minimum Gasteiger partial charge on any atom is -0.481 e. The molecule has 21 nitrogen and oxygen atoms in total. The molecule has 0 radical (unpaired) electrons. The molecule has 0 aliphatic carbocycles. The van der Waals surface area contributed by atoms with E-state index >= 15 is 0 Å². The van der Waals surface area contributed by atoms with Gasteiger partial charge in [0.15, 0.2) is 29.6 Å². The second-order valence-electron chi connectivity index (χ2n) is 15.3. The van der Waals surface area contributed by atoms with E-state index in [1.807, 2.05) is 41.3 Å². The molecule has 2 saturated heterocycles. The van der Waals surface area contributed by atoms with Crippen LogP contribution in [0.2, 0.25) is 0 Å². The summed E-state index contributed by atoms with van der Waals surface area (Å²) in [5.74, 6) is 2.44. The summed E-state index contributed by atoms with van der Waals surface area (Å²) in [6.07, 6.45) is 6.21. The maximum absolute atomic E-state index is 14.1. The van der Waals surface area contributed by atoms with Crippen molar-refractivity contribution in [3.63, 3.8) is 0 Å². The third-order valence-corrected chi connectivity index (χ3v) is 10.5. The lowest BCUT2D eigenvalue weighted by atomic mass is 10.0. The zero-order valence-electron chi connectivity index (χ0n) is 37.7. The van der Waals surface area contributed by atoms with Crippen molar-refractivity contribution in [3.8, 4) is 0 Å². The highest BCUT2D eigenvalue weighted by Gasteiger charge is 2.20. The van der Waals surface area contributed by atoms with E-state index in [0.717, 1.165) is 52.0 Å². The molecule has 2 atom stereocenters. The van der Waals surface area contributed by atoms with Gasteiger partial charge in [0.25, 0.3) is 0 Å². The number of nitrogens with two attached hydrogens (primary N) is 1. The molecule has 23 heteroatoms. The van der Waals surface area contributed by atoms with E-state index in [9.17, 15) is 23.2 Å². The Morgan fingerprint density at radius 1 is 0.657 bits per heavy atom. The summed E-state index contributed by atoms with van der Waals surface area (Å²) in [7, 11) is 0. The Bertz CT molecular complexity index is 2590. The van der Waals surface area contributed by atoms with Crippen molar-refractivity contribution >= 4 is 64.5 Å². The normalized spacial score (nSPS) is 13.9. The van der Waals surface area contributed by atoms with E-state index in [0.29, 0.717) is 71.1 Å². The maximum Gasteiger partial charge on any atom is 0.310 e. The smallest absolute Gasteiger partial charge is 0.310 e. The number of hydrazine groups is 2. The average molecular weight is 967 g/mol. The number of hydrogen-bond donors (Lipinski definition) is 8. The van der Waals surface area contributed by atoms with Gasteiger partial charge in [-0.15, -0.1) is 0 Å². The minimum absolute atomic E-state index is 0. The quantitative estimate of drug-likeness (QED) is 0.0309. The van der Waals surface area contributed by atoms with Crippen molar-refractivity contribution in [2.45, 2.75) is 39.7 Å². The molecule has 0 saturated carbocycles. The summed E-state index contributed by atoms with van der Waals surface area (Å²) in [5, 5.41) is 24.4. The average Bonchev–Trinajstić information content (AvgIpc) is 3.38. The molecule has 2 aliphatic rings. The number of carboxylic acids is 2. The number of nitrogens with zero attached hydrogens (tertiary/aromatic N) is 8. The van der Waals surface area contributed by atoms with Crippen LogP contribution in [0.1, 0.15) is 60.4 Å². The van der Waals surface area contributed by atoms with Crippen LogP contribution in [0.5, 0.6) is 0 Å². The van der Waals surface area contributed by atoms with E-state index in [2.05, 4.69) is 56.8 Å². The Morgan fingerprint density at radius 2 is 1.10 bits per heavy atom. The second kappa shape index (κ2) is 26.5. The predicted molar refractivity (Wildman–Crippen MR) is 260 cm³/mol. The van der Waals surface area contributed by atoms with Gasteiger partial charge in [0.05, 0.1) is 86.7 Å². The van der Waals surface area contributed by atoms with Gasteiger partial charge in [-0.25, -0.2) is 30.0 Å². The molecule has 2 unspecified atom stereocenters. The molecule has 6 heterocycles. The number of nitrogens with one attached hydrogen (secondary N) is 5. The number of pyridine rings is 2. The summed E-state index contributed by atoms with van der Waals surface area (Å²) in [4.78, 5) is 60.4. The number of benzene rings is 2. The Kier molecular flexibility index (Phi) is 20.1. The fourth-order valence-corrected chi connectivity index (χ4v) is 6.53. The highest BCUT2D eigenvalue weighted by atomic mass is 19.1. The monoisotopic (exact) mass is 966 g/mol. The predicted octanol–water partition coefficient (Wildman–Crippen LogP) is 6.10. The number of hydrogen-bond acceptors (Lipinski definition) is 19. The first-order valence-electron chi connectivity index (χ1n) is 21.6. The van der Waals surface area contributed by atoms with Crippen LogP contribution in [-0.4, -0.2) is 111 Å². The number of ether oxygens (including phenoxy) is 2. The Labute approximate surface area is 402 Å². The SMILES string of the molecule is C.CC(C(=O)O)c1ccc(Nc2ccc(C=O)nc2)cc1.CC(C(=O)O)c1ccc(Nc2ccc(CNNc3ncc(F)c(N4CCOCC4)n3)nc2)cc1.NNc1ncc(F)c(N2CCOCC2)n1. The second-order valence-corrected chi connectivity index (χ2v) is 15.3. The number of nitrogen functional groups attached to an aromatic ring is 1. The molecule has 370 valence electrons. The first-order chi connectivity index (χ1) is 33.4.